The minimum Gasteiger partial charge on any atom is -0.417 e. The number of carbonyl (C=O) groups is 2. The summed E-state index contributed by atoms with van der Waals surface area (Å²) < 4.78 is 25.8. The minimum absolute atomic E-state index is 0.0158. The van der Waals surface area contributed by atoms with Crippen molar-refractivity contribution in [3.63, 3.8) is 0 Å². The maximum atomic E-state index is 13.3. The molecule has 0 bridgehead atoms. The van der Waals surface area contributed by atoms with Gasteiger partial charge in [-0.25, -0.2) is 0 Å². The van der Waals surface area contributed by atoms with Crippen molar-refractivity contribution in [3.8, 4) is 0 Å². The lowest BCUT2D eigenvalue weighted by molar-refractivity contribution is -0.137. The van der Waals surface area contributed by atoms with Gasteiger partial charge in [0.15, 0.2) is 33.3 Å². The highest BCUT2D eigenvalue weighted by atomic mass is 28.4. The molecule has 14 heteroatoms. The van der Waals surface area contributed by atoms with Crippen LogP contribution >= 0.6 is 0 Å². The van der Waals surface area contributed by atoms with Crippen molar-refractivity contribution in [2.75, 3.05) is 65.7 Å². The van der Waals surface area contributed by atoms with Gasteiger partial charge in [-0.3, -0.25) is 9.59 Å². The van der Waals surface area contributed by atoms with Gasteiger partial charge in [0, 0.05) is 26.4 Å². The molecule has 1 heterocycles. The molecule has 0 radical (unpaired) electrons. The average Bonchev–Trinajstić information content (AvgIpc) is 3.21. The monoisotopic (exact) mass is 1060 g/mol. The Bertz CT molecular complexity index is 1250. The smallest absolute Gasteiger partial charge is 0.243 e. The molecule has 10 nitrogen and oxygen atoms in total. The Morgan fingerprint density at radius 1 is 0.343 bits per heavy atom. The number of nitrogens with one attached hydrogen (secondary N) is 2. The highest BCUT2D eigenvalue weighted by molar-refractivity contribution is 6.75. The highest BCUT2D eigenvalue weighted by Gasteiger charge is 2.39. The molecule has 416 valence electrons. The number of unbranched alkanes of at least 4 members (excludes halogenated alkanes) is 10. The van der Waals surface area contributed by atoms with Crippen LogP contribution in [0.2, 0.25) is 72.5 Å². The molecule has 1 rings (SSSR count). The van der Waals surface area contributed by atoms with Gasteiger partial charge < -0.3 is 38.1 Å². The van der Waals surface area contributed by atoms with Gasteiger partial charge >= 0.3 is 0 Å². The van der Waals surface area contributed by atoms with Crippen LogP contribution in [0.3, 0.4) is 0 Å². The Morgan fingerprint density at radius 2 is 0.543 bits per heavy atom. The SMILES string of the molecule is CC(C)(C)[Si](C)(C)OCCCCCN(CCCCCO[Si](C)(C)C(C)(C)C)CCCCC1NC(=O)C(CCCCN(CCCCCO[Si](C)(C)C(C)(C)C)CCCCCO[Si](C)(C)C(C)(C)C)NC1=O. The van der Waals surface area contributed by atoms with E-state index in [2.05, 4.69) is 156 Å². The van der Waals surface area contributed by atoms with Crippen LogP contribution in [0.5, 0.6) is 0 Å². The van der Waals surface area contributed by atoms with Crippen molar-refractivity contribution in [3.05, 3.63) is 0 Å². The highest BCUT2D eigenvalue weighted by Crippen LogP contribution is 2.39. The first-order chi connectivity index (χ1) is 32.1. The molecule has 70 heavy (non-hydrogen) atoms. The van der Waals surface area contributed by atoms with Crippen LogP contribution in [0.25, 0.3) is 0 Å². The third-order valence-electron chi connectivity index (χ3n) is 17.3. The van der Waals surface area contributed by atoms with Gasteiger partial charge in [0.2, 0.25) is 11.8 Å². The first kappa shape index (κ1) is 67.6. The molecule has 0 spiro atoms. The second-order valence-corrected chi connectivity index (χ2v) is 46.7. The quantitative estimate of drug-likeness (QED) is 0.0466. The molecule has 0 aliphatic carbocycles. The van der Waals surface area contributed by atoms with Crippen molar-refractivity contribution in [1.29, 1.82) is 0 Å². The lowest BCUT2D eigenvalue weighted by atomic mass is 10.0. The summed E-state index contributed by atoms with van der Waals surface area (Å²) in [5.41, 5.74) is 0. The predicted octanol–water partition coefficient (Wildman–Crippen LogP) is 14.7. The molecule has 1 aliphatic heterocycles. The molecular weight excluding hydrogens is 937 g/mol. The third-order valence-corrected chi connectivity index (χ3v) is 35.4. The number of piperazine rings is 1. The predicted molar refractivity (Wildman–Crippen MR) is 312 cm³/mol. The fourth-order valence-electron chi connectivity index (χ4n) is 7.75. The molecular formula is C56H120N4O6Si4. The second kappa shape index (κ2) is 31.6. The maximum Gasteiger partial charge on any atom is 0.243 e. The van der Waals surface area contributed by atoms with Gasteiger partial charge in [0.25, 0.3) is 0 Å². The average molecular weight is 1060 g/mol. The van der Waals surface area contributed by atoms with Crippen LogP contribution in [0.15, 0.2) is 0 Å². The van der Waals surface area contributed by atoms with Crippen LogP contribution < -0.4 is 10.6 Å². The van der Waals surface area contributed by atoms with Crippen molar-refractivity contribution >= 4 is 45.1 Å². The zero-order valence-electron chi connectivity index (χ0n) is 50.3. The van der Waals surface area contributed by atoms with E-state index in [4.69, 9.17) is 17.7 Å². The van der Waals surface area contributed by atoms with E-state index in [1.165, 1.54) is 51.4 Å². The van der Waals surface area contributed by atoms with Crippen molar-refractivity contribution in [2.24, 2.45) is 0 Å². The summed E-state index contributed by atoms with van der Waals surface area (Å²) in [6.07, 6.45) is 19.2. The van der Waals surface area contributed by atoms with Crippen LogP contribution in [-0.4, -0.2) is 133 Å². The van der Waals surface area contributed by atoms with E-state index in [1.807, 2.05) is 0 Å². The Kier molecular flexibility index (Phi) is 30.5. The molecule has 0 aromatic carbocycles. The molecule has 1 aliphatic rings. The minimum atomic E-state index is -1.71. The topological polar surface area (TPSA) is 102 Å². The summed E-state index contributed by atoms with van der Waals surface area (Å²) in [6, 6.07) is -0.872. The molecule has 0 aromatic rings. The van der Waals surface area contributed by atoms with E-state index < -0.39 is 45.4 Å². The van der Waals surface area contributed by atoms with Gasteiger partial charge in [0.05, 0.1) is 0 Å². The Balaban J connectivity index is 2.63. The number of rotatable bonds is 38. The van der Waals surface area contributed by atoms with E-state index in [9.17, 15) is 9.59 Å². The lowest BCUT2D eigenvalue weighted by Gasteiger charge is -2.36. The Labute approximate surface area is 439 Å². The maximum absolute atomic E-state index is 13.3. The Morgan fingerprint density at radius 3 is 0.743 bits per heavy atom. The van der Waals surface area contributed by atoms with E-state index >= 15 is 0 Å². The van der Waals surface area contributed by atoms with Gasteiger partial charge in [-0.05, 0) is 227 Å². The number of hydrogen-bond donors (Lipinski definition) is 2. The molecule has 1 saturated heterocycles. The van der Waals surface area contributed by atoms with E-state index in [1.54, 1.807) is 0 Å². The summed E-state index contributed by atoms with van der Waals surface area (Å²) in [7, 11) is -6.83. The van der Waals surface area contributed by atoms with Crippen molar-refractivity contribution in [2.45, 2.75) is 283 Å². The number of hydrogen-bond acceptors (Lipinski definition) is 8. The van der Waals surface area contributed by atoms with E-state index in [-0.39, 0.29) is 32.0 Å². The molecule has 2 unspecified atom stereocenters. The van der Waals surface area contributed by atoms with E-state index in [0.29, 0.717) is 12.8 Å². The van der Waals surface area contributed by atoms with Crippen molar-refractivity contribution in [1.82, 2.24) is 20.4 Å². The molecule has 1 fully saturated rings. The summed E-state index contributed by atoms with van der Waals surface area (Å²) in [6.45, 7) is 56.4. The standard InChI is InChI=1S/C56H120N4O6Si4/c1-53(2,3)67(13,14)63-45-33-21-27-39-59(40-28-22-34-46-64-68(15,16)54(4,5)6)43-31-25-37-49-51(61)58-50(52(62)57-49)38-26-32-44-60(41-29-23-35-47-65-69(17,18)55(7,8)9)42-30-24-36-48-66-70(19,20)56(10,11)12/h49-50H,21-48H2,1-20H3,(H,57,62)(H,58,61). The fraction of sp³-hybridized carbons (Fsp3) is 0.964. The van der Waals surface area contributed by atoms with Gasteiger partial charge in [-0.1, -0.05) is 83.1 Å². The van der Waals surface area contributed by atoms with Crippen LogP contribution in [0, 0.1) is 0 Å². The fourth-order valence-corrected chi connectivity index (χ4v) is 12.1. The third kappa shape index (κ3) is 26.9. The number of amides is 2. The van der Waals surface area contributed by atoms with Gasteiger partial charge in [0.1, 0.15) is 12.1 Å². The number of carbonyl (C=O) groups excluding carboxylic acids is 2. The molecule has 2 N–H and O–H groups in total. The lowest BCUT2D eigenvalue weighted by Crippen LogP contribution is -2.61. The van der Waals surface area contributed by atoms with Crippen LogP contribution in [-0.2, 0) is 27.3 Å². The zero-order chi connectivity index (χ0) is 53.5. The molecule has 2 atom stereocenters. The summed E-state index contributed by atoms with van der Waals surface area (Å²) in [5, 5.41) is 7.21. The molecule has 0 aromatic heterocycles. The zero-order valence-corrected chi connectivity index (χ0v) is 54.3. The normalized spacial score (nSPS) is 17.2. The summed E-state index contributed by atoms with van der Waals surface area (Å²) >= 11 is 0. The van der Waals surface area contributed by atoms with Crippen LogP contribution in [0.4, 0.5) is 0 Å². The van der Waals surface area contributed by atoms with Gasteiger partial charge in [-0.2, -0.15) is 0 Å². The summed E-state index contributed by atoms with van der Waals surface area (Å²) in [4.78, 5) is 31.9. The van der Waals surface area contributed by atoms with E-state index in [0.717, 1.165) is 117 Å². The summed E-state index contributed by atoms with van der Waals surface area (Å²) in [5.74, 6) is -0.0315. The first-order valence-corrected chi connectivity index (χ1v) is 40.4. The largest absolute Gasteiger partial charge is 0.417 e. The number of nitrogens with zero attached hydrogens (tertiary/aromatic N) is 2. The molecule has 0 saturated carbocycles. The van der Waals surface area contributed by atoms with Crippen molar-refractivity contribution < 1.29 is 27.3 Å². The van der Waals surface area contributed by atoms with Crippen LogP contribution in [0.1, 0.15) is 199 Å². The van der Waals surface area contributed by atoms with Gasteiger partial charge in [-0.15, -0.1) is 0 Å². The molecule has 2 amide bonds. The second-order valence-electron chi connectivity index (χ2n) is 27.5. The first-order valence-electron chi connectivity index (χ1n) is 28.7. The Hall–Kier alpha value is -0.432.